The number of esters is 1. The molecule has 220 valence electrons. The Kier molecular flexibility index (Phi) is 21.5. The molecule has 9 nitrogen and oxygen atoms in total. The summed E-state index contributed by atoms with van der Waals surface area (Å²) in [4.78, 5) is 34.0. The summed E-state index contributed by atoms with van der Waals surface area (Å²) in [6.07, 6.45) is 19.9. The zero-order chi connectivity index (χ0) is 31.6. The number of terminal acetylenes is 4. The Hall–Kier alpha value is -4.65. The molecule has 0 spiro atoms. The number of carbonyl (C=O) groups is 3. The van der Waals surface area contributed by atoms with Crippen molar-refractivity contribution in [1.82, 2.24) is 0 Å². The number of rotatable bonds is 14. The molecule has 0 aliphatic rings. The first-order chi connectivity index (χ1) is 20.2. The normalized spacial score (nSPS) is 9.05. The summed E-state index contributed by atoms with van der Waals surface area (Å²) >= 11 is 0. The number of anilines is 1. The number of carboxylic acids is 2. The van der Waals surface area contributed by atoms with E-state index in [4.69, 9.17) is 45.7 Å². The van der Waals surface area contributed by atoms with Gasteiger partial charge in [-0.2, -0.15) is 0 Å². The zero-order valence-electron chi connectivity index (χ0n) is 22.7. The van der Waals surface area contributed by atoms with Crippen LogP contribution in [0, 0.1) is 49.4 Å². The summed E-state index contributed by atoms with van der Waals surface area (Å²) < 4.78 is 9.53. The van der Waals surface area contributed by atoms with Crippen LogP contribution in [0.3, 0.4) is 0 Å². The maximum Gasteiger partial charge on any atom is 0.335 e. The van der Waals surface area contributed by atoms with Crippen LogP contribution in [0.25, 0.3) is 0 Å². The molecule has 2 aromatic rings. The second-order valence-corrected chi connectivity index (χ2v) is 10.0. The monoisotopic (exact) mass is 609 g/mol. The van der Waals surface area contributed by atoms with Gasteiger partial charge in [-0.05, 0) is 48.5 Å². The summed E-state index contributed by atoms with van der Waals surface area (Å²) in [6.45, 7) is 1.75. The lowest BCUT2D eigenvalue weighted by Gasteiger charge is -2.19. The lowest BCUT2D eigenvalue weighted by Crippen LogP contribution is -2.23. The number of carbonyl (C=O) groups excluding carboxylic acids is 1. The average molecular weight is 610 g/mol. The van der Waals surface area contributed by atoms with Gasteiger partial charge in [-0.25, -0.2) is 4.79 Å². The Balaban J connectivity index is 0.000000612. The molecule has 0 aromatic heterocycles. The van der Waals surface area contributed by atoms with Gasteiger partial charge in [0.05, 0.1) is 38.1 Å². The fraction of sp³-hybridized carbons (Fsp3) is 0.258. The fourth-order valence-corrected chi connectivity index (χ4v) is 4.36. The minimum atomic E-state index is -1.03. The van der Waals surface area contributed by atoms with E-state index in [0.717, 1.165) is 16.3 Å². The van der Waals surface area contributed by atoms with Crippen LogP contribution in [0.15, 0.2) is 53.4 Å². The van der Waals surface area contributed by atoms with Gasteiger partial charge in [0.25, 0.3) is 0 Å². The van der Waals surface area contributed by atoms with Crippen LogP contribution in [0.5, 0.6) is 5.75 Å². The SMILES string of the molecule is C#CCN(CC#C)c1ccc(C(=O)O)cc1.C#CCOC(=O)CCC(=O)O.C#CCOCCSSc1ccc(O)cc1. The predicted octanol–water partition coefficient (Wildman–Crippen LogP) is 4.27. The predicted molar refractivity (Wildman–Crippen MR) is 166 cm³/mol. The third-order valence-corrected chi connectivity index (χ3v) is 6.74. The number of carboxylic acid groups (broad SMARTS) is 2. The molecule has 2 aromatic carbocycles. The van der Waals surface area contributed by atoms with E-state index in [0.29, 0.717) is 32.1 Å². The molecule has 0 aliphatic carbocycles. The highest BCUT2D eigenvalue weighted by Gasteiger charge is 2.06. The van der Waals surface area contributed by atoms with Crippen molar-refractivity contribution in [3.05, 3.63) is 54.1 Å². The van der Waals surface area contributed by atoms with Crippen LogP contribution >= 0.6 is 21.6 Å². The van der Waals surface area contributed by atoms with E-state index in [1.807, 2.05) is 17.0 Å². The summed E-state index contributed by atoms with van der Waals surface area (Å²) in [5.74, 6) is 8.15. The highest BCUT2D eigenvalue weighted by atomic mass is 33.1. The van der Waals surface area contributed by atoms with E-state index in [1.54, 1.807) is 45.9 Å². The molecule has 11 heteroatoms. The number of hydrogen-bond donors (Lipinski definition) is 3. The van der Waals surface area contributed by atoms with E-state index in [1.165, 1.54) is 12.1 Å². The zero-order valence-corrected chi connectivity index (χ0v) is 24.4. The third kappa shape index (κ3) is 19.4. The first-order valence-corrected chi connectivity index (χ1v) is 14.4. The van der Waals surface area contributed by atoms with Gasteiger partial charge >= 0.3 is 17.9 Å². The van der Waals surface area contributed by atoms with Gasteiger partial charge in [-0.3, -0.25) is 9.59 Å². The van der Waals surface area contributed by atoms with Crippen LogP contribution in [0.1, 0.15) is 23.2 Å². The molecule has 0 unspecified atom stereocenters. The summed E-state index contributed by atoms with van der Waals surface area (Å²) in [7, 11) is 3.37. The molecule has 0 amide bonds. The van der Waals surface area contributed by atoms with Gasteiger partial charge in [0.15, 0.2) is 6.61 Å². The van der Waals surface area contributed by atoms with Gasteiger partial charge in [0, 0.05) is 16.3 Å². The molecular formula is C31H31NO8S2. The Morgan fingerprint density at radius 2 is 1.40 bits per heavy atom. The van der Waals surface area contributed by atoms with Crippen molar-refractivity contribution in [2.24, 2.45) is 0 Å². The van der Waals surface area contributed by atoms with Gasteiger partial charge in [-0.1, -0.05) is 45.3 Å². The topological polar surface area (TPSA) is 134 Å². The van der Waals surface area contributed by atoms with E-state index in [9.17, 15) is 14.4 Å². The van der Waals surface area contributed by atoms with Crippen molar-refractivity contribution in [1.29, 1.82) is 0 Å². The van der Waals surface area contributed by atoms with E-state index < -0.39 is 17.9 Å². The molecule has 0 aliphatic heterocycles. The van der Waals surface area contributed by atoms with Crippen LogP contribution in [0.4, 0.5) is 5.69 Å². The number of nitrogens with zero attached hydrogens (tertiary/aromatic N) is 1. The van der Waals surface area contributed by atoms with Crippen molar-refractivity contribution in [3.8, 4) is 55.1 Å². The number of ether oxygens (including phenoxy) is 2. The minimum Gasteiger partial charge on any atom is -0.508 e. The molecule has 0 saturated heterocycles. The van der Waals surface area contributed by atoms with Crippen LogP contribution in [-0.2, 0) is 19.1 Å². The Bertz CT molecular complexity index is 1250. The van der Waals surface area contributed by atoms with Gasteiger partial charge < -0.3 is 29.7 Å². The largest absolute Gasteiger partial charge is 0.508 e. The number of aromatic hydroxyl groups is 1. The number of hydrogen-bond acceptors (Lipinski definition) is 9. The number of aromatic carboxylic acids is 1. The second kappa shape index (κ2) is 24.2. The number of phenolic OH excluding ortho intramolecular Hbond substituents is 1. The highest BCUT2D eigenvalue weighted by Crippen LogP contribution is 2.31. The molecule has 3 N–H and O–H groups in total. The smallest absolute Gasteiger partial charge is 0.335 e. The van der Waals surface area contributed by atoms with Crippen molar-refractivity contribution in [2.45, 2.75) is 17.7 Å². The molecular weight excluding hydrogens is 578 g/mol. The Morgan fingerprint density at radius 3 is 1.90 bits per heavy atom. The van der Waals surface area contributed by atoms with Gasteiger partial charge in [0.2, 0.25) is 0 Å². The molecule has 0 bridgehead atoms. The van der Waals surface area contributed by atoms with Crippen LogP contribution in [0.2, 0.25) is 0 Å². The standard InChI is InChI=1S/C13H11NO2.C11H12O2S2.C7H8O4/c1-3-9-14(10-4-2)12-7-5-11(6-8-12)13(15)16;1-2-7-13-8-9-14-15-11-5-3-10(12)4-6-11;1-2-5-11-7(10)4-3-6(8)9/h1-2,5-8H,9-10H2,(H,15,16);1,3-6,12H,7-9H2;1H,3-5H2,(H,8,9). The van der Waals surface area contributed by atoms with E-state index in [-0.39, 0.29) is 25.0 Å². The number of benzene rings is 2. The minimum absolute atomic E-state index is 0.0988. The Morgan fingerprint density at radius 1 is 0.810 bits per heavy atom. The van der Waals surface area contributed by atoms with Crippen molar-refractivity contribution < 1.29 is 39.2 Å². The summed E-state index contributed by atoms with van der Waals surface area (Å²) in [6, 6.07) is 13.6. The molecule has 0 saturated carbocycles. The maximum absolute atomic E-state index is 10.7. The lowest BCUT2D eigenvalue weighted by atomic mass is 10.2. The van der Waals surface area contributed by atoms with E-state index >= 15 is 0 Å². The van der Waals surface area contributed by atoms with Gasteiger partial charge in [0.1, 0.15) is 12.4 Å². The summed E-state index contributed by atoms with van der Waals surface area (Å²) in [5.41, 5.74) is 1.06. The van der Waals surface area contributed by atoms with Crippen molar-refractivity contribution in [3.63, 3.8) is 0 Å². The van der Waals surface area contributed by atoms with Gasteiger partial charge in [-0.15, -0.1) is 25.7 Å². The fourth-order valence-electron chi connectivity index (χ4n) is 2.51. The molecule has 0 atom stereocenters. The quantitative estimate of drug-likeness (QED) is 0.123. The van der Waals surface area contributed by atoms with Crippen molar-refractivity contribution >= 4 is 45.2 Å². The number of phenols is 1. The first-order valence-electron chi connectivity index (χ1n) is 12.0. The van der Waals surface area contributed by atoms with Crippen LogP contribution < -0.4 is 4.90 Å². The Labute approximate surface area is 254 Å². The van der Waals surface area contributed by atoms with Crippen LogP contribution in [-0.4, -0.2) is 71.9 Å². The third-order valence-electron chi connectivity index (χ3n) is 4.39. The molecule has 0 radical (unpaired) electrons. The maximum atomic E-state index is 10.7. The van der Waals surface area contributed by atoms with E-state index in [2.05, 4.69) is 28.4 Å². The molecule has 2 rings (SSSR count). The average Bonchev–Trinajstić information content (AvgIpc) is 2.98. The number of aliphatic carboxylic acids is 1. The highest BCUT2D eigenvalue weighted by molar-refractivity contribution is 8.76. The molecule has 0 fully saturated rings. The molecule has 42 heavy (non-hydrogen) atoms. The molecule has 0 heterocycles. The first kappa shape index (κ1) is 37.4. The summed E-state index contributed by atoms with van der Waals surface area (Å²) in [5, 5.41) is 26.0. The van der Waals surface area contributed by atoms with Crippen molar-refractivity contribution in [2.75, 3.05) is 43.6 Å². The second-order valence-electron chi connectivity index (χ2n) is 7.53. The lowest BCUT2D eigenvalue weighted by molar-refractivity contribution is -0.146.